The quantitative estimate of drug-likeness (QED) is 0.405. The first kappa shape index (κ1) is 20.9. The van der Waals surface area contributed by atoms with Gasteiger partial charge in [0.25, 0.3) is 0 Å². The molecule has 0 unspecified atom stereocenters. The van der Waals surface area contributed by atoms with Crippen molar-refractivity contribution in [3.8, 4) is 11.7 Å². The van der Waals surface area contributed by atoms with Crippen molar-refractivity contribution in [3.05, 3.63) is 67.3 Å². The first-order chi connectivity index (χ1) is 11.5. The third-order valence-electron chi connectivity index (χ3n) is 2.90. The van der Waals surface area contributed by atoms with Crippen LogP contribution in [-0.4, -0.2) is 53.4 Å². The molecule has 9 heteroatoms. The van der Waals surface area contributed by atoms with Gasteiger partial charge in [0.05, 0.1) is 16.7 Å². The Bertz CT molecular complexity index is 931. The zero-order valence-electron chi connectivity index (χ0n) is 12.5. The summed E-state index contributed by atoms with van der Waals surface area (Å²) >= 11 is 0. The Labute approximate surface area is 168 Å². The van der Waals surface area contributed by atoms with Crippen molar-refractivity contribution in [1.82, 2.24) is 9.55 Å². The number of carbonyl (C=O) groups excluding carboxylic acids is 1. The SMILES string of the molecule is C=CC(N)=O.O=[SH](=O)Oc1nc2ccccc2n1-c1ccccc1.[NaH]. The minimum atomic E-state index is -3.00. The van der Waals surface area contributed by atoms with Crippen molar-refractivity contribution in [2.45, 2.75) is 0 Å². The number of thiol groups is 1. The Morgan fingerprint density at radius 3 is 2.24 bits per heavy atom. The van der Waals surface area contributed by atoms with E-state index >= 15 is 0 Å². The molecule has 0 aliphatic carbocycles. The van der Waals surface area contributed by atoms with Crippen LogP contribution in [0.2, 0.25) is 0 Å². The van der Waals surface area contributed by atoms with E-state index in [1.165, 1.54) is 0 Å². The average molecular weight is 369 g/mol. The average Bonchev–Trinajstić information content (AvgIpc) is 2.93. The van der Waals surface area contributed by atoms with Crippen LogP contribution >= 0.6 is 0 Å². The molecular weight excluding hydrogens is 353 g/mol. The van der Waals surface area contributed by atoms with Crippen LogP contribution in [0.5, 0.6) is 6.01 Å². The second-order valence-electron chi connectivity index (χ2n) is 4.48. The Morgan fingerprint density at radius 1 is 1.12 bits per heavy atom. The van der Waals surface area contributed by atoms with Gasteiger partial charge >= 0.3 is 46.6 Å². The second kappa shape index (κ2) is 10.00. The molecule has 2 aromatic carbocycles. The summed E-state index contributed by atoms with van der Waals surface area (Å²) in [5.74, 6) is -0.481. The van der Waals surface area contributed by atoms with Gasteiger partial charge in [0.15, 0.2) is 0 Å². The summed E-state index contributed by atoms with van der Waals surface area (Å²) in [6.07, 6.45) is 1.06. The van der Waals surface area contributed by atoms with Crippen LogP contribution in [0.15, 0.2) is 67.3 Å². The monoisotopic (exact) mass is 369 g/mol. The zero-order valence-corrected chi connectivity index (χ0v) is 13.4. The van der Waals surface area contributed by atoms with Gasteiger partial charge in [-0.1, -0.05) is 36.9 Å². The molecule has 0 spiro atoms. The van der Waals surface area contributed by atoms with Crippen LogP contribution in [0, 0.1) is 0 Å². The molecule has 1 heterocycles. The Balaban J connectivity index is 0.000000462. The normalized spacial score (nSPS) is 9.64. The van der Waals surface area contributed by atoms with Crippen molar-refractivity contribution < 1.29 is 17.4 Å². The van der Waals surface area contributed by atoms with Crippen molar-refractivity contribution in [2.75, 3.05) is 0 Å². The molecular formula is C16H16N3NaO4S. The summed E-state index contributed by atoms with van der Waals surface area (Å²) in [5.41, 5.74) is 6.80. The number of hydrogen-bond donors (Lipinski definition) is 2. The number of fused-ring (bicyclic) bond motifs is 1. The Kier molecular flexibility index (Phi) is 8.36. The van der Waals surface area contributed by atoms with Crippen LogP contribution in [0.3, 0.4) is 0 Å². The molecule has 2 N–H and O–H groups in total. The van der Waals surface area contributed by atoms with Crippen LogP contribution in [0.1, 0.15) is 0 Å². The van der Waals surface area contributed by atoms with Gasteiger partial charge in [-0.15, -0.1) is 0 Å². The van der Waals surface area contributed by atoms with Gasteiger partial charge in [0.2, 0.25) is 5.91 Å². The summed E-state index contributed by atoms with van der Waals surface area (Å²) in [6, 6.07) is 16.8. The molecule has 3 rings (SSSR count). The van der Waals surface area contributed by atoms with E-state index in [4.69, 9.17) is 4.18 Å². The van der Waals surface area contributed by atoms with E-state index in [0.717, 1.165) is 17.3 Å². The van der Waals surface area contributed by atoms with E-state index in [1.54, 1.807) is 10.6 Å². The molecule has 0 saturated carbocycles. The second-order valence-corrected chi connectivity index (χ2v) is 5.11. The van der Waals surface area contributed by atoms with Crippen molar-refractivity contribution in [1.29, 1.82) is 0 Å². The van der Waals surface area contributed by atoms with E-state index in [9.17, 15) is 13.2 Å². The number of amides is 1. The molecule has 0 atom stereocenters. The number of hydrogen-bond acceptors (Lipinski definition) is 5. The fourth-order valence-corrected chi connectivity index (χ4v) is 2.21. The predicted octanol–water partition coefficient (Wildman–Crippen LogP) is 0.940. The molecule has 0 aliphatic heterocycles. The third-order valence-corrected chi connectivity index (χ3v) is 3.21. The fourth-order valence-electron chi connectivity index (χ4n) is 1.96. The number of aromatic nitrogens is 2. The molecule has 0 aliphatic rings. The molecule has 1 aromatic heterocycles. The molecule has 0 saturated heterocycles. The van der Waals surface area contributed by atoms with Crippen LogP contribution in [-0.2, 0) is 15.8 Å². The molecule has 1 amide bonds. The number of carbonyl (C=O) groups is 1. The van der Waals surface area contributed by atoms with E-state index in [0.29, 0.717) is 5.52 Å². The minimum absolute atomic E-state index is 0. The van der Waals surface area contributed by atoms with E-state index in [-0.39, 0.29) is 35.6 Å². The maximum absolute atomic E-state index is 10.8. The predicted molar refractivity (Wildman–Crippen MR) is 98.6 cm³/mol. The molecule has 0 radical (unpaired) electrons. The van der Waals surface area contributed by atoms with Gasteiger partial charge in [0.1, 0.15) is 0 Å². The van der Waals surface area contributed by atoms with Crippen LogP contribution in [0.25, 0.3) is 16.7 Å². The van der Waals surface area contributed by atoms with Gasteiger partial charge in [0, 0.05) is 0 Å². The number of benzene rings is 2. The topological polar surface area (TPSA) is 104 Å². The molecule has 126 valence electrons. The van der Waals surface area contributed by atoms with Gasteiger partial charge in [-0.2, -0.15) is 13.4 Å². The number of imidazole rings is 1. The van der Waals surface area contributed by atoms with Gasteiger partial charge in [-0.25, -0.2) is 0 Å². The number of nitrogens with two attached hydrogens (primary N) is 1. The summed E-state index contributed by atoms with van der Waals surface area (Å²) in [6.45, 7) is 3.09. The first-order valence-corrected chi connectivity index (χ1v) is 7.89. The van der Waals surface area contributed by atoms with E-state index in [2.05, 4.69) is 17.3 Å². The Morgan fingerprint density at radius 2 is 1.68 bits per heavy atom. The summed E-state index contributed by atoms with van der Waals surface area (Å²) in [7, 11) is -3.00. The first-order valence-electron chi connectivity index (χ1n) is 6.80. The van der Waals surface area contributed by atoms with Gasteiger partial charge in [-0.05, 0) is 30.3 Å². The molecule has 25 heavy (non-hydrogen) atoms. The van der Waals surface area contributed by atoms with Crippen molar-refractivity contribution >= 4 is 57.5 Å². The Hall–Kier alpha value is -2.13. The standard InChI is InChI=1S/C13H10N2O3S.C3H5NO.Na.H/c16-19(17)18-13-14-11-8-4-5-9-12(11)15(13)10-6-2-1-3-7-10;1-2-3(4)5;;/h1-9,19H;2H,1H2,(H2,4,5);;. The maximum atomic E-state index is 10.8. The molecule has 7 nitrogen and oxygen atoms in total. The summed E-state index contributed by atoms with van der Waals surface area (Å²) < 4.78 is 28.0. The van der Waals surface area contributed by atoms with Crippen LogP contribution in [0.4, 0.5) is 0 Å². The number of rotatable bonds is 4. The van der Waals surface area contributed by atoms with Crippen molar-refractivity contribution in [3.63, 3.8) is 0 Å². The van der Waals surface area contributed by atoms with E-state index in [1.807, 2.05) is 48.5 Å². The van der Waals surface area contributed by atoms with Crippen LogP contribution < -0.4 is 9.92 Å². The van der Waals surface area contributed by atoms with Gasteiger partial charge < -0.3 is 9.92 Å². The summed E-state index contributed by atoms with van der Waals surface area (Å²) in [4.78, 5) is 13.7. The molecule has 0 fully saturated rings. The zero-order chi connectivity index (χ0) is 17.5. The molecule has 3 aromatic rings. The number of primary amides is 1. The van der Waals surface area contributed by atoms with Crippen molar-refractivity contribution in [2.24, 2.45) is 5.73 Å². The summed E-state index contributed by atoms with van der Waals surface area (Å²) in [5, 5.41) is 0. The number of para-hydroxylation sites is 3. The molecule has 0 bridgehead atoms. The van der Waals surface area contributed by atoms with Gasteiger partial charge in [-0.3, -0.25) is 9.36 Å². The third kappa shape index (κ3) is 5.71. The van der Waals surface area contributed by atoms with E-state index < -0.39 is 16.9 Å². The number of nitrogens with zero attached hydrogens (tertiary/aromatic N) is 2. The fraction of sp³-hybridized carbons (Fsp3) is 0.